The van der Waals surface area contributed by atoms with E-state index in [2.05, 4.69) is 5.32 Å². The van der Waals surface area contributed by atoms with Crippen molar-refractivity contribution in [2.24, 2.45) is 5.92 Å². The molecule has 2 rings (SSSR count). The number of carboxylic acids is 1. The first-order valence-corrected chi connectivity index (χ1v) is 4.07. The summed E-state index contributed by atoms with van der Waals surface area (Å²) in [6.07, 6.45) is -3.85. The van der Waals surface area contributed by atoms with Gasteiger partial charge in [0.05, 0.1) is 18.2 Å². The Hall–Kier alpha value is -0.690. The molecule has 1 saturated carbocycles. The van der Waals surface area contributed by atoms with Crippen LogP contribution < -0.4 is 5.32 Å². The largest absolute Gasteiger partial charge is 0.481 e. The van der Waals surface area contributed by atoms with Crippen molar-refractivity contribution < 1.29 is 25.2 Å². The van der Waals surface area contributed by atoms with E-state index in [0.29, 0.717) is 0 Å². The molecule has 2 fully saturated rings. The second kappa shape index (κ2) is 2.65. The number of carboxylic acid groups (broad SMARTS) is 1. The number of aliphatic hydroxyl groups excluding tert-OH is 3. The van der Waals surface area contributed by atoms with E-state index in [0.717, 1.165) is 0 Å². The minimum absolute atomic E-state index is 0.389. The van der Waals surface area contributed by atoms with Gasteiger partial charge in [0.1, 0.15) is 12.0 Å². The van der Waals surface area contributed by atoms with Crippen LogP contribution in [0.25, 0.3) is 0 Å². The van der Waals surface area contributed by atoms with Crippen LogP contribution in [0.2, 0.25) is 0 Å². The smallest absolute Gasteiger partial charge is 0.310 e. The van der Waals surface area contributed by atoms with Crippen LogP contribution in [-0.4, -0.2) is 56.8 Å². The molecule has 6 unspecified atom stereocenters. The quantitative estimate of drug-likeness (QED) is 0.283. The Kier molecular flexibility index (Phi) is 1.81. The molecule has 6 nitrogen and oxygen atoms in total. The molecule has 0 spiro atoms. The molecule has 2 aliphatic rings. The van der Waals surface area contributed by atoms with Crippen molar-refractivity contribution in [3.8, 4) is 0 Å². The Morgan fingerprint density at radius 1 is 1.00 bits per heavy atom. The third-order valence-corrected chi connectivity index (χ3v) is 2.77. The minimum atomic E-state index is -1.40. The average molecular weight is 189 g/mol. The van der Waals surface area contributed by atoms with Crippen LogP contribution in [0.4, 0.5) is 0 Å². The number of aliphatic carboxylic acids is 1. The van der Waals surface area contributed by atoms with Gasteiger partial charge < -0.3 is 25.7 Å². The van der Waals surface area contributed by atoms with Crippen molar-refractivity contribution in [2.45, 2.75) is 30.4 Å². The topological polar surface area (TPSA) is 120 Å². The highest BCUT2D eigenvalue weighted by Gasteiger charge is 2.60. The Morgan fingerprint density at radius 3 is 2.15 bits per heavy atom. The van der Waals surface area contributed by atoms with Gasteiger partial charge in [0.15, 0.2) is 0 Å². The summed E-state index contributed by atoms with van der Waals surface area (Å²) in [5.41, 5.74) is 0. The van der Waals surface area contributed by atoms with E-state index in [1.807, 2.05) is 0 Å². The fraction of sp³-hybridized carbons (Fsp3) is 0.857. The number of nitrogens with one attached hydrogen (secondary N) is 1. The molecule has 74 valence electrons. The highest BCUT2D eigenvalue weighted by molar-refractivity contribution is 5.73. The van der Waals surface area contributed by atoms with Crippen LogP contribution >= 0.6 is 0 Å². The SMILES string of the molecule is O=C(O)C1C(O)C(O)C(O)C2NC21. The first-order valence-electron chi connectivity index (χ1n) is 4.07. The second-order valence-corrected chi connectivity index (χ2v) is 3.55. The Labute approximate surface area is 73.8 Å². The fourth-order valence-corrected chi connectivity index (χ4v) is 1.94. The molecular formula is C7H11NO5. The number of aliphatic hydroxyl groups is 3. The zero-order chi connectivity index (χ0) is 9.75. The number of carbonyl (C=O) groups is 1. The van der Waals surface area contributed by atoms with Crippen LogP contribution in [0.1, 0.15) is 0 Å². The summed E-state index contributed by atoms with van der Waals surface area (Å²) in [6.45, 7) is 0. The van der Waals surface area contributed by atoms with Gasteiger partial charge in [-0.1, -0.05) is 0 Å². The van der Waals surface area contributed by atoms with Crippen LogP contribution in [0.3, 0.4) is 0 Å². The number of hydrogen-bond donors (Lipinski definition) is 5. The lowest BCUT2D eigenvalue weighted by Crippen LogP contribution is -2.53. The summed E-state index contributed by atoms with van der Waals surface area (Å²) in [5.74, 6) is -2.18. The van der Waals surface area contributed by atoms with Gasteiger partial charge in [-0.3, -0.25) is 4.79 Å². The van der Waals surface area contributed by atoms with Crippen LogP contribution in [0.15, 0.2) is 0 Å². The van der Waals surface area contributed by atoms with E-state index in [1.54, 1.807) is 0 Å². The molecule has 0 radical (unpaired) electrons. The van der Waals surface area contributed by atoms with Crippen molar-refractivity contribution in [3.63, 3.8) is 0 Å². The normalized spacial score (nSPS) is 54.1. The van der Waals surface area contributed by atoms with E-state index in [1.165, 1.54) is 0 Å². The van der Waals surface area contributed by atoms with Crippen molar-refractivity contribution in [2.75, 3.05) is 0 Å². The predicted octanol–water partition coefficient (Wildman–Crippen LogP) is -2.88. The second-order valence-electron chi connectivity index (χ2n) is 3.55. The third kappa shape index (κ3) is 1.14. The molecule has 0 bridgehead atoms. The Bertz CT molecular complexity index is 245. The summed E-state index contributed by atoms with van der Waals surface area (Å²) in [6, 6.07) is -0.801. The van der Waals surface area contributed by atoms with Gasteiger partial charge in [-0.2, -0.15) is 0 Å². The summed E-state index contributed by atoms with van der Waals surface area (Å²) < 4.78 is 0. The molecular weight excluding hydrogens is 178 g/mol. The summed E-state index contributed by atoms with van der Waals surface area (Å²) in [7, 11) is 0. The molecule has 6 heteroatoms. The third-order valence-electron chi connectivity index (χ3n) is 2.77. The lowest BCUT2D eigenvalue weighted by Gasteiger charge is -2.30. The Morgan fingerprint density at radius 2 is 1.62 bits per heavy atom. The molecule has 13 heavy (non-hydrogen) atoms. The highest BCUT2D eigenvalue weighted by Crippen LogP contribution is 2.34. The number of fused-ring (bicyclic) bond motifs is 1. The average Bonchev–Trinajstić information content (AvgIpc) is 2.79. The zero-order valence-electron chi connectivity index (χ0n) is 6.66. The summed E-state index contributed by atoms with van der Waals surface area (Å²) >= 11 is 0. The summed E-state index contributed by atoms with van der Waals surface area (Å²) in [4.78, 5) is 10.7. The van der Waals surface area contributed by atoms with Crippen molar-refractivity contribution >= 4 is 5.97 Å². The molecule has 0 aromatic rings. The molecule has 1 aliphatic carbocycles. The monoisotopic (exact) mass is 189 g/mol. The lowest BCUT2D eigenvalue weighted by atomic mass is 9.83. The van der Waals surface area contributed by atoms with Crippen LogP contribution in [-0.2, 0) is 4.79 Å². The van der Waals surface area contributed by atoms with Gasteiger partial charge in [-0.15, -0.1) is 0 Å². The van der Waals surface area contributed by atoms with E-state index in [-0.39, 0.29) is 6.04 Å². The van der Waals surface area contributed by atoms with Crippen molar-refractivity contribution in [1.29, 1.82) is 0 Å². The molecule has 6 atom stereocenters. The van der Waals surface area contributed by atoms with Crippen molar-refractivity contribution in [1.82, 2.24) is 5.32 Å². The zero-order valence-corrected chi connectivity index (χ0v) is 6.66. The van der Waals surface area contributed by atoms with Gasteiger partial charge in [0, 0.05) is 6.04 Å². The van der Waals surface area contributed by atoms with Crippen LogP contribution in [0.5, 0.6) is 0 Å². The lowest BCUT2D eigenvalue weighted by molar-refractivity contribution is -0.156. The summed E-state index contributed by atoms with van der Waals surface area (Å²) in [5, 5.41) is 39.3. The Balaban J connectivity index is 2.19. The standard InChI is InChI=1S/C7H11NO5/c9-4-1(7(12)13)2-3(8-2)5(10)6(4)11/h1-6,8-11H,(H,12,13). The van der Waals surface area contributed by atoms with Gasteiger partial charge in [0.2, 0.25) is 0 Å². The molecule has 0 amide bonds. The van der Waals surface area contributed by atoms with E-state index >= 15 is 0 Å². The van der Waals surface area contributed by atoms with E-state index in [9.17, 15) is 20.1 Å². The van der Waals surface area contributed by atoms with E-state index in [4.69, 9.17) is 5.11 Å². The molecule has 5 N–H and O–H groups in total. The molecule has 0 aromatic carbocycles. The first-order chi connectivity index (χ1) is 6.04. The molecule has 0 aromatic heterocycles. The predicted molar refractivity (Wildman–Crippen MR) is 39.9 cm³/mol. The number of rotatable bonds is 1. The van der Waals surface area contributed by atoms with Gasteiger partial charge in [-0.05, 0) is 0 Å². The maximum atomic E-state index is 10.7. The minimum Gasteiger partial charge on any atom is -0.481 e. The maximum absolute atomic E-state index is 10.7. The highest BCUT2D eigenvalue weighted by atomic mass is 16.4. The van der Waals surface area contributed by atoms with Gasteiger partial charge in [-0.25, -0.2) is 0 Å². The molecule has 1 saturated heterocycles. The van der Waals surface area contributed by atoms with Gasteiger partial charge in [0.25, 0.3) is 0 Å². The molecule has 1 heterocycles. The van der Waals surface area contributed by atoms with Crippen molar-refractivity contribution in [3.05, 3.63) is 0 Å². The van der Waals surface area contributed by atoms with Gasteiger partial charge >= 0.3 is 5.97 Å². The first kappa shape index (κ1) is 8.89. The number of hydrogen-bond acceptors (Lipinski definition) is 5. The molecule has 1 aliphatic heterocycles. The van der Waals surface area contributed by atoms with Crippen LogP contribution in [0, 0.1) is 5.92 Å². The van der Waals surface area contributed by atoms with E-state index < -0.39 is 36.2 Å². The maximum Gasteiger partial charge on any atom is 0.310 e. The fourth-order valence-electron chi connectivity index (χ4n) is 1.94.